The Morgan fingerprint density at radius 3 is 2.54 bits per heavy atom. The van der Waals surface area contributed by atoms with Gasteiger partial charge in [0.1, 0.15) is 5.82 Å². The molecule has 134 valence electrons. The lowest BCUT2D eigenvalue weighted by Crippen LogP contribution is -2.51. The van der Waals surface area contributed by atoms with Gasteiger partial charge < -0.3 is 15.5 Å². The van der Waals surface area contributed by atoms with E-state index >= 15 is 0 Å². The summed E-state index contributed by atoms with van der Waals surface area (Å²) in [4.78, 5) is 9.05. The third-order valence-corrected chi connectivity index (χ3v) is 5.85. The molecule has 0 amide bonds. The molecule has 0 radical (unpaired) electrons. The lowest BCUT2D eigenvalue weighted by molar-refractivity contribution is 0.379. The number of nitrogens with zero attached hydrogens (tertiary/aromatic N) is 3. The Labute approximate surface area is 165 Å². The van der Waals surface area contributed by atoms with Crippen LogP contribution in [-0.4, -0.2) is 55.1 Å². The van der Waals surface area contributed by atoms with E-state index in [2.05, 4.69) is 14.8 Å². The van der Waals surface area contributed by atoms with Crippen LogP contribution in [0.2, 0.25) is 0 Å². The van der Waals surface area contributed by atoms with Gasteiger partial charge in [-0.1, -0.05) is 0 Å². The molecule has 2 saturated heterocycles. The molecule has 24 heavy (non-hydrogen) atoms. The molecule has 2 heterocycles. The van der Waals surface area contributed by atoms with Crippen molar-refractivity contribution in [2.45, 2.75) is 12.8 Å². The summed E-state index contributed by atoms with van der Waals surface area (Å²) >= 11 is 2.03. The molecule has 0 bridgehead atoms. The minimum Gasteiger partial charge on any atom is -0.370 e. The van der Waals surface area contributed by atoms with Crippen LogP contribution in [-0.2, 0) is 0 Å². The molecule has 0 spiro atoms. The molecular formula is C17H26FIN4S. The van der Waals surface area contributed by atoms with Crippen LogP contribution in [0.4, 0.5) is 10.1 Å². The summed E-state index contributed by atoms with van der Waals surface area (Å²) in [6.07, 6.45) is 2.59. The predicted molar refractivity (Wildman–Crippen MR) is 112 cm³/mol. The zero-order chi connectivity index (χ0) is 16.1. The Hall–Kier alpha value is -0.700. The first-order chi connectivity index (χ1) is 11.2. The van der Waals surface area contributed by atoms with Gasteiger partial charge in [0.15, 0.2) is 5.96 Å². The van der Waals surface area contributed by atoms with Crippen molar-refractivity contribution in [2.24, 2.45) is 16.6 Å². The standard InChI is InChI=1S/C17H25FN4S.HI/c18-15-3-5-16(6-4-15)21-7-9-22(10-8-21)17(19)20-12-14-2-1-11-23-13-14;/h3-6,14H,1-2,7-13H2,(H2,19,20);1H. The summed E-state index contributed by atoms with van der Waals surface area (Å²) in [5.41, 5.74) is 7.24. The highest BCUT2D eigenvalue weighted by atomic mass is 127. The average molecular weight is 464 g/mol. The predicted octanol–water partition coefficient (Wildman–Crippen LogP) is 3.02. The highest BCUT2D eigenvalue weighted by Gasteiger charge is 2.19. The first-order valence-electron chi connectivity index (χ1n) is 8.35. The summed E-state index contributed by atoms with van der Waals surface area (Å²) < 4.78 is 13.0. The molecule has 2 aliphatic heterocycles. The fraction of sp³-hybridized carbons (Fsp3) is 0.588. The number of nitrogens with two attached hydrogens (primary N) is 1. The molecule has 4 nitrogen and oxygen atoms in total. The minimum atomic E-state index is -0.190. The van der Waals surface area contributed by atoms with Gasteiger partial charge in [0, 0.05) is 38.4 Å². The van der Waals surface area contributed by atoms with E-state index in [1.165, 1.54) is 36.5 Å². The fourth-order valence-electron chi connectivity index (χ4n) is 3.12. The maximum Gasteiger partial charge on any atom is 0.191 e. The first kappa shape index (κ1) is 19.6. The lowest BCUT2D eigenvalue weighted by Gasteiger charge is -2.36. The number of rotatable bonds is 3. The topological polar surface area (TPSA) is 44.9 Å². The van der Waals surface area contributed by atoms with Crippen LogP contribution in [0.3, 0.4) is 0 Å². The summed E-state index contributed by atoms with van der Waals surface area (Å²) in [7, 11) is 0. The van der Waals surface area contributed by atoms with Crippen molar-refractivity contribution in [1.29, 1.82) is 0 Å². The Bertz CT molecular complexity index is 526. The Kier molecular flexibility index (Phi) is 7.93. The number of hydrogen-bond acceptors (Lipinski definition) is 3. The van der Waals surface area contributed by atoms with E-state index in [0.717, 1.165) is 38.4 Å². The van der Waals surface area contributed by atoms with Crippen molar-refractivity contribution in [3.05, 3.63) is 30.1 Å². The van der Waals surface area contributed by atoms with Crippen molar-refractivity contribution in [2.75, 3.05) is 49.1 Å². The summed E-state index contributed by atoms with van der Waals surface area (Å²) in [5, 5.41) is 0. The van der Waals surface area contributed by atoms with Gasteiger partial charge in [-0.2, -0.15) is 11.8 Å². The summed E-state index contributed by atoms with van der Waals surface area (Å²) in [5.74, 6) is 3.69. The Morgan fingerprint density at radius 2 is 1.92 bits per heavy atom. The van der Waals surface area contributed by atoms with Crippen LogP contribution in [0, 0.1) is 11.7 Å². The number of hydrogen-bond donors (Lipinski definition) is 1. The van der Waals surface area contributed by atoms with E-state index < -0.39 is 0 Å². The second-order valence-corrected chi connectivity index (χ2v) is 7.38. The minimum absolute atomic E-state index is 0. The molecule has 0 aromatic heterocycles. The van der Waals surface area contributed by atoms with Gasteiger partial charge in [0.2, 0.25) is 0 Å². The van der Waals surface area contributed by atoms with Crippen molar-refractivity contribution < 1.29 is 4.39 Å². The van der Waals surface area contributed by atoms with E-state index in [1.54, 1.807) is 0 Å². The monoisotopic (exact) mass is 464 g/mol. The fourth-order valence-corrected chi connectivity index (χ4v) is 4.26. The lowest BCUT2D eigenvalue weighted by atomic mass is 10.1. The second kappa shape index (κ2) is 9.70. The zero-order valence-corrected chi connectivity index (χ0v) is 17.0. The first-order valence-corrected chi connectivity index (χ1v) is 9.51. The van der Waals surface area contributed by atoms with Gasteiger partial charge in [0.05, 0.1) is 0 Å². The molecular weight excluding hydrogens is 438 g/mol. The Balaban J connectivity index is 0.00000208. The highest BCUT2D eigenvalue weighted by molar-refractivity contribution is 14.0. The van der Waals surface area contributed by atoms with Crippen molar-refractivity contribution in [1.82, 2.24) is 4.90 Å². The number of anilines is 1. The van der Waals surface area contributed by atoms with Gasteiger partial charge >= 0.3 is 0 Å². The molecule has 2 aliphatic rings. The van der Waals surface area contributed by atoms with Gasteiger partial charge in [-0.15, -0.1) is 24.0 Å². The molecule has 1 aromatic rings. The molecule has 0 aliphatic carbocycles. The third-order valence-electron chi connectivity index (χ3n) is 4.56. The molecule has 2 N–H and O–H groups in total. The zero-order valence-electron chi connectivity index (χ0n) is 13.9. The van der Waals surface area contributed by atoms with Crippen LogP contribution in [0.25, 0.3) is 0 Å². The second-order valence-electron chi connectivity index (χ2n) is 6.23. The number of guanidine groups is 1. The number of halogens is 2. The number of piperazine rings is 1. The molecule has 1 atom stereocenters. The van der Waals surface area contributed by atoms with Crippen LogP contribution >= 0.6 is 35.7 Å². The van der Waals surface area contributed by atoms with E-state index in [-0.39, 0.29) is 29.8 Å². The van der Waals surface area contributed by atoms with Crippen molar-refractivity contribution in [3.63, 3.8) is 0 Å². The van der Waals surface area contributed by atoms with Gasteiger partial charge in [0.25, 0.3) is 0 Å². The Morgan fingerprint density at radius 1 is 1.21 bits per heavy atom. The normalized spacial score (nSPS) is 22.2. The molecule has 7 heteroatoms. The van der Waals surface area contributed by atoms with Crippen LogP contribution in [0.1, 0.15) is 12.8 Å². The summed E-state index contributed by atoms with van der Waals surface area (Å²) in [6.45, 7) is 4.37. The van der Waals surface area contributed by atoms with Crippen LogP contribution in [0.15, 0.2) is 29.3 Å². The average Bonchev–Trinajstić information content (AvgIpc) is 2.61. The maximum atomic E-state index is 13.0. The van der Waals surface area contributed by atoms with Crippen LogP contribution < -0.4 is 10.6 Å². The third kappa shape index (κ3) is 5.40. The largest absolute Gasteiger partial charge is 0.370 e. The molecule has 2 fully saturated rings. The molecule has 1 aromatic carbocycles. The molecule has 3 rings (SSSR count). The van der Waals surface area contributed by atoms with Gasteiger partial charge in [-0.05, 0) is 54.5 Å². The van der Waals surface area contributed by atoms with E-state index in [4.69, 9.17) is 5.73 Å². The van der Waals surface area contributed by atoms with E-state index in [9.17, 15) is 4.39 Å². The van der Waals surface area contributed by atoms with E-state index in [1.807, 2.05) is 23.9 Å². The van der Waals surface area contributed by atoms with Gasteiger partial charge in [-0.25, -0.2) is 4.39 Å². The van der Waals surface area contributed by atoms with E-state index in [0.29, 0.717) is 11.9 Å². The SMILES string of the molecule is I.NC(=NCC1CCCSC1)N1CCN(c2ccc(F)cc2)CC1. The highest BCUT2D eigenvalue weighted by Crippen LogP contribution is 2.22. The summed E-state index contributed by atoms with van der Waals surface area (Å²) in [6, 6.07) is 6.70. The van der Waals surface area contributed by atoms with Crippen LogP contribution in [0.5, 0.6) is 0 Å². The smallest absolute Gasteiger partial charge is 0.191 e. The maximum absolute atomic E-state index is 13.0. The molecule has 0 saturated carbocycles. The van der Waals surface area contributed by atoms with Crippen molar-refractivity contribution in [3.8, 4) is 0 Å². The number of thioether (sulfide) groups is 1. The van der Waals surface area contributed by atoms with Crippen molar-refractivity contribution >= 4 is 47.4 Å². The quantitative estimate of drug-likeness (QED) is 0.425. The molecule has 1 unspecified atom stereocenters. The van der Waals surface area contributed by atoms with Gasteiger partial charge in [-0.3, -0.25) is 4.99 Å². The number of aliphatic imine (C=N–C) groups is 1. The number of benzene rings is 1.